The zero-order valence-corrected chi connectivity index (χ0v) is 27.5. The molecule has 0 amide bonds. The topological polar surface area (TPSA) is 51.8 Å². The number of furan rings is 1. The van der Waals surface area contributed by atoms with Crippen molar-refractivity contribution in [2.24, 2.45) is 0 Å². The summed E-state index contributed by atoms with van der Waals surface area (Å²) in [5.41, 5.74) is 8.74. The summed E-state index contributed by atoms with van der Waals surface area (Å²) in [4.78, 5) is 15.4. The number of nitrogens with zero attached hydrogens (tertiary/aromatic N) is 3. The summed E-state index contributed by atoms with van der Waals surface area (Å²) in [5, 5.41) is 6.99. The highest BCUT2D eigenvalue weighted by molar-refractivity contribution is 6.14. The molecule has 0 fully saturated rings. The van der Waals surface area contributed by atoms with Crippen LogP contribution in [-0.4, -0.2) is 15.0 Å². The molecule has 0 aliphatic heterocycles. The van der Waals surface area contributed by atoms with Gasteiger partial charge in [-0.3, -0.25) is 0 Å². The van der Waals surface area contributed by atoms with Crippen LogP contribution in [0.4, 0.5) is 0 Å². The van der Waals surface area contributed by atoms with E-state index in [2.05, 4.69) is 140 Å². The summed E-state index contributed by atoms with van der Waals surface area (Å²) in [6, 6.07) is 61.1. The first-order chi connectivity index (χ1) is 25.3. The minimum atomic E-state index is 0.561. The van der Waals surface area contributed by atoms with Gasteiger partial charge in [0.05, 0.1) is 5.56 Å². The van der Waals surface area contributed by atoms with Crippen LogP contribution in [0.15, 0.2) is 180 Å². The Bertz CT molecular complexity index is 2930. The summed E-state index contributed by atoms with van der Waals surface area (Å²) >= 11 is 0. The molecule has 2 heterocycles. The van der Waals surface area contributed by atoms with Gasteiger partial charge < -0.3 is 4.42 Å². The minimum absolute atomic E-state index is 0.561. The Morgan fingerprint density at radius 3 is 1.67 bits per heavy atom. The molecule has 10 aromatic rings. The molecule has 0 saturated heterocycles. The molecule has 2 aromatic heterocycles. The fourth-order valence-corrected chi connectivity index (χ4v) is 7.27. The molecule has 10 rings (SSSR count). The maximum absolute atomic E-state index is 6.46. The Labute approximate surface area is 294 Å². The molecule has 0 radical (unpaired) electrons. The van der Waals surface area contributed by atoms with Crippen LogP contribution in [0.5, 0.6) is 0 Å². The quantitative estimate of drug-likeness (QED) is 0.174. The smallest absolute Gasteiger partial charge is 0.167 e. The second-order valence-corrected chi connectivity index (χ2v) is 12.8. The third kappa shape index (κ3) is 5.04. The van der Waals surface area contributed by atoms with E-state index in [0.717, 1.165) is 55.3 Å². The fraction of sp³-hybridized carbons (Fsp3) is 0. The average Bonchev–Trinajstić information content (AvgIpc) is 3.60. The van der Waals surface area contributed by atoms with Gasteiger partial charge in [-0.1, -0.05) is 146 Å². The Kier molecular flexibility index (Phi) is 6.78. The van der Waals surface area contributed by atoms with E-state index in [4.69, 9.17) is 19.4 Å². The lowest BCUT2D eigenvalue weighted by atomic mass is 9.92. The number of hydrogen-bond donors (Lipinski definition) is 0. The molecule has 0 N–H and O–H groups in total. The molecule has 0 saturated carbocycles. The first-order valence-corrected chi connectivity index (χ1v) is 17.1. The van der Waals surface area contributed by atoms with Gasteiger partial charge in [0, 0.05) is 21.9 Å². The summed E-state index contributed by atoms with van der Waals surface area (Å²) in [7, 11) is 0. The lowest BCUT2D eigenvalue weighted by molar-refractivity contribution is 0.669. The number of hydrogen-bond acceptors (Lipinski definition) is 4. The zero-order chi connectivity index (χ0) is 33.7. The van der Waals surface area contributed by atoms with Crippen LogP contribution in [0.3, 0.4) is 0 Å². The number of fused-ring (bicyclic) bond motifs is 6. The van der Waals surface area contributed by atoms with Crippen LogP contribution < -0.4 is 0 Å². The van der Waals surface area contributed by atoms with E-state index in [0.29, 0.717) is 17.5 Å². The summed E-state index contributed by atoms with van der Waals surface area (Å²) < 4.78 is 6.46. The van der Waals surface area contributed by atoms with Crippen molar-refractivity contribution in [3.8, 4) is 56.4 Å². The molecule has 0 atom stereocenters. The maximum atomic E-state index is 6.46. The third-order valence-electron chi connectivity index (χ3n) is 9.71. The van der Waals surface area contributed by atoms with Crippen molar-refractivity contribution in [1.82, 2.24) is 15.0 Å². The Morgan fingerprint density at radius 2 is 0.863 bits per heavy atom. The largest absolute Gasteiger partial charge is 0.455 e. The van der Waals surface area contributed by atoms with Crippen molar-refractivity contribution < 1.29 is 4.42 Å². The molecule has 0 spiro atoms. The molecule has 8 aromatic carbocycles. The number of aromatic nitrogens is 3. The van der Waals surface area contributed by atoms with E-state index in [-0.39, 0.29) is 0 Å². The van der Waals surface area contributed by atoms with Crippen LogP contribution in [0.25, 0.3) is 99.9 Å². The highest BCUT2D eigenvalue weighted by Gasteiger charge is 2.18. The van der Waals surface area contributed by atoms with Gasteiger partial charge in [-0.15, -0.1) is 0 Å². The van der Waals surface area contributed by atoms with E-state index in [9.17, 15) is 0 Å². The van der Waals surface area contributed by atoms with Crippen molar-refractivity contribution in [2.45, 2.75) is 0 Å². The SMILES string of the molecule is c1ccc(-c2cccc(-c3nc(-c4cccc(-c5cc6ccccc6c6ccccc56)c4)nc(-c4cccc5c4oc4ccccc45)n3)c2)cc1. The van der Waals surface area contributed by atoms with Crippen LogP contribution in [0, 0.1) is 0 Å². The summed E-state index contributed by atoms with van der Waals surface area (Å²) in [6.45, 7) is 0. The van der Waals surface area contributed by atoms with Crippen molar-refractivity contribution in [3.05, 3.63) is 176 Å². The molecular weight excluding hydrogens is 623 g/mol. The number of benzene rings is 8. The van der Waals surface area contributed by atoms with Gasteiger partial charge in [0.2, 0.25) is 0 Å². The van der Waals surface area contributed by atoms with Gasteiger partial charge in [0.25, 0.3) is 0 Å². The van der Waals surface area contributed by atoms with E-state index >= 15 is 0 Å². The van der Waals surface area contributed by atoms with Crippen molar-refractivity contribution in [1.29, 1.82) is 0 Å². The Morgan fingerprint density at radius 1 is 0.314 bits per heavy atom. The van der Waals surface area contributed by atoms with Crippen molar-refractivity contribution >= 4 is 43.5 Å². The standard InChI is InChI=1S/C47H29N3O/c1-2-13-30(14-3-1)31-16-10-18-34(27-31)45-48-46(50-47(49-45)41-25-12-24-40-39-23-8-9-26-43(39)51-44(40)41)35-19-11-17-32(28-35)42-29-33-15-4-5-20-36(33)37-21-6-7-22-38(37)42/h1-29H. The van der Waals surface area contributed by atoms with E-state index in [1.54, 1.807) is 0 Å². The van der Waals surface area contributed by atoms with Crippen LogP contribution in [-0.2, 0) is 0 Å². The van der Waals surface area contributed by atoms with E-state index in [1.807, 2.05) is 36.4 Å². The minimum Gasteiger partial charge on any atom is -0.455 e. The lowest BCUT2D eigenvalue weighted by Crippen LogP contribution is -2.00. The molecular formula is C47H29N3O. The van der Waals surface area contributed by atoms with Gasteiger partial charge in [-0.2, -0.15) is 0 Å². The number of para-hydroxylation sites is 2. The highest BCUT2D eigenvalue weighted by Crippen LogP contribution is 2.38. The van der Waals surface area contributed by atoms with Crippen LogP contribution in [0.1, 0.15) is 0 Å². The van der Waals surface area contributed by atoms with Gasteiger partial charge in [0.1, 0.15) is 11.2 Å². The van der Waals surface area contributed by atoms with Crippen LogP contribution >= 0.6 is 0 Å². The second-order valence-electron chi connectivity index (χ2n) is 12.8. The van der Waals surface area contributed by atoms with Gasteiger partial charge in [-0.05, 0) is 74.1 Å². The molecule has 0 aliphatic rings. The first-order valence-electron chi connectivity index (χ1n) is 17.1. The summed E-state index contributed by atoms with van der Waals surface area (Å²) in [5.74, 6) is 1.76. The van der Waals surface area contributed by atoms with Crippen molar-refractivity contribution in [2.75, 3.05) is 0 Å². The molecule has 0 bridgehead atoms. The normalized spacial score (nSPS) is 11.5. The van der Waals surface area contributed by atoms with Gasteiger partial charge in [0.15, 0.2) is 17.5 Å². The monoisotopic (exact) mass is 651 g/mol. The zero-order valence-electron chi connectivity index (χ0n) is 27.5. The molecule has 0 aliphatic carbocycles. The van der Waals surface area contributed by atoms with E-state index in [1.165, 1.54) is 27.1 Å². The van der Waals surface area contributed by atoms with Crippen molar-refractivity contribution in [3.63, 3.8) is 0 Å². The molecule has 51 heavy (non-hydrogen) atoms. The average molecular weight is 652 g/mol. The molecule has 0 unspecified atom stereocenters. The fourth-order valence-electron chi connectivity index (χ4n) is 7.27. The molecule has 4 nitrogen and oxygen atoms in total. The third-order valence-corrected chi connectivity index (χ3v) is 9.71. The maximum Gasteiger partial charge on any atom is 0.167 e. The first kappa shape index (κ1) is 29.0. The summed E-state index contributed by atoms with van der Waals surface area (Å²) in [6.07, 6.45) is 0. The van der Waals surface area contributed by atoms with E-state index < -0.39 is 0 Å². The Balaban J connectivity index is 1.18. The number of rotatable bonds is 5. The highest BCUT2D eigenvalue weighted by atomic mass is 16.3. The van der Waals surface area contributed by atoms with Gasteiger partial charge >= 0.3 is 0 Å². The molecule has 238 valence electrons. The van der Waals surface area contributed by atoms with Gasteiger partial charge in [-0.25, -0.2) is 15.0 Å². The predicted molar refractivity (Wildman–Crippen MR) is 209 cm³/mol. The lowest BCUT2D eigenvalue weighted by Gasteiger charge is -2.13. The second kappa shape index (κ2) is 11.9. The predicted octanol–water partition coefficient (Wildman–Crippen LogP) is 12.4. The molecule has 4 heteroatoms. The van der Waals surface area contributed by atoms with Crippen LogP contribution in [0.2, 0.25) is 0 Å². The Hall–Kier alpha value is -6.91.